The van der Waals surface area contributed by atoms with E-state index < -0.39 is 0 Å². The predicted molar refractivity (Wildman–Crippen MR) is 76.9 cm³/mol. The van der Waals surface area contributed by atoms with Crippen LogP contribution in [-0.2, 0) is 4.79 Å². The van der Waals surface area contributed by atoms with Crippen LogP contribution in [0.25, 0.3) is 0 Å². The molecular weight excluding hydrogens is 238 g/mol. The van der Waals surface area contributed by atoms with E-state index in [4.69, 9.17) is 5.73 Å². The molecule has 1 aromatic rings. The molecule has 0 spiro atoms. The van der Waals surface area contributed by atoms with E-state index in [-0.39, 0.29) is 11.8 Å². The van der Waals surface area contributed by atoms with Gasteiger partial charge in [0.25, 0.3) is 0 Å². The monoisotopic (exact) mass is 261 g/mol. The predicted octanol–water partition coefficient (Wildman–Crippen LogP) is 0.939. The highest BCUT2D eigenvalue weighted by atomic mass is 16.2. The standard InChI is InChI=1S/C15H23N3O/c1-18(11-15(19)17-14-7-8-14)10-13(9-16)12-5-3-2-4-6-12/h2-6,13-14H,7-11,16H2,1H3,(H,17,19). The molecule has 0 aromatic heterocycles. The molecule has 19 heavy (non-hydrogen) atoms. The van der Waals surface area contributed by atoms with Crippen LogP contribution >= 0.6 is 0 Å². The Labute approximate surface area is 115 Å². The maximum Gasteiger partial charge on any atom is 0.234 e. The molecule has 0 radical (unpaired) electrons. The lowest BCUT2D eigenvalue weighted by atomic mass is 9.99. The van der Waals surface area contributed by atoms with Gasteiger partial charge in [-0.25, -0.2) is 0 Å². The lowest BCUT2D eigenvalue weighted by Gasteiger charge is -2.23. The molecule has 3 N–H and O–H groups in total. The Morgan fingerprint density at radius 3 is 2.68 bits per heavy atom. The Hall–Kier alpha value is -1.39. The van der Waals surface area contributed by atoms with E-state index in [0.29, 0.717) is 19.1 Å². The summed E-state index contributed by atoms with van der Waals surface area (Å²) in [4.78, 5) is 13.8. The number of nitrogens with zero attached hydrogens (tertiary/aromatic N) is 1. The maximum atomic E-state index is 11.7. The van der Waals surface area contributed by atoms with Gasteiger partial charge in [-0.3, -0.25) is 9.69 Å². The van der Waals surface area contributed by atoms with Gasteiger partial charge in [0.15, 0.2) is 0 Å². The summed E-state index contributed by atoms with van der Waals surface area (Å²) in [6.45, 7) is 1.84. The summed E-state index contributed by atoms with van der Waals surface area (Å²) in [5.41, 5.74) is 7.08. The second-order valence-corrected chi connectivity index (χ2v) is 5.38. The van der Waals surface area contributed by atoms with Crippen molar-refractivity contribution >= 4 is 5.91 Å². The summed E-state index contributed by atoms with van der Waals surface area (Å²) in [7, 11) is 1.97. The molecule has 1 fully saturated rings. The van der Waals surface area contributed by atoms with E-state index in [1.165, 1.54) is 5.56 Å². The first kappa shape index (κ1) is 14.0. The van der Waals surface area contributed by atoms with Gasteiger partial charge < -0.3 is 11.1 Å². The maximum absolute atomic E-state index is 11.7. The van der Waals surface area contributed by atoms with Crippen molar-refractivity contribution in [1.82, 2.24) is 10.2 Å². The number of rotatable bonds is 7. The average molecular weight is 261 g/mol. The number of benzene rings is 1. The smallest absolute Gasteiger partial charge is 0.234 e. The quantitative estimate of drug-likeness (QED) is 0.768. The fourth-order valence-corrected chi connectivity index (χ4v) is 2.23. The Bertz CT molecular complexity index is 403. The molecular formula is C15H23N3O. The zero-order valence-electron chi connectivity index (χ0n) is 11.5. The van der Waals surface area contributed by atoms with Crippen LogP contribution in [0.1, 0.15) is 24.3 Å². The van der Waals surface area contributed by atoms with Crippen LogP contribution in [0.3, 0.4) is 0 Å². The third-order valence-electron chi connectivity index (χ3n) is 3.44. The summed E-state index contributed by atoms with van der Waals surface area (Å²) >= 11 is 0. The number of hydrogen-bond acceptors (Lipinski definition) is 3. The zero-order valence-corrected chi connectivity index (χ0v) is 11.5. The number of nitrogens with one attached hydrogen (secondary N) is 1. The van der Waals surface area contributed by atoms with Crippen LogP contribution in [-0.4, -0.2) is 43.5 Å². The van der Waals surface area contributed by atoms with E-state index in [2.05, 4.69) is 17.4 Å². The average Bonchev–Trinajstić information content (AvgIpc) is 3.20. The minimum absolute atomic E-state index is 0.119. The third kappa shape index (κ3) is 4.65. The first-order chi connectivity index (χ1) is 9.19. The topological polar surface area (TPSA) is 58.4 Å². The highest BCUT2D eigenvalue weighted by Gasteiger charge is 2.23. The van der Waals surface area contributed by atoms with Gasteiger partial charge in [-0.05, 0) is 25.5 Å². The largest absolute Gasteiger partial charge is 0.352 e. The number of amides is 1. The third-order valence-corrected chi connectivity index (χ3v) is 3.44. The SMILES string of the molecule is CN(CC(=O)NC1CC1)CC(CN)c1ccccc1. The molecule has 1 aliphatic carbocycles. The normalized spacial score (nSPS) is 16.4. The number of likely N-dealkylation sites (N-methyl/N-ethyl adjacent to an activating group) is 1. The zero-order chi connectivity index (χ0) is 13.7. The van der Waals surface area contributed by atoms with Gasteiger partial charge >= 0.3 is 0 Å². The second-order valence-electron chi connectivity index (χ2n) is 5.38. The van der Waals surface area contributed by atoms with Crippen molar-refractivity contribution in [2.75, 3.05) is 26.7 Å². The van der Waals surface area contributed by atoms with Crippen molar-refractivity contribution in [1.29, 1.82) is 0 Å². The molecule has 1 atom stereocenters. The van der Waals surface area contributed by atoms with Crippen LogP contribution in [0, 0.1) is 0 Å². The Kier molecular flexibility index (Phi) is 4.93. The minimum atomic E-state index is 0.119. The number of hydrogen-bond donors (Lipinski definition) is 2. The fraction of sp³-hybridized carbons (Fsp3) is 0.533. The van der Waals surface area contributed by atoms with E-state index in [9.17, 15) is 4.79 Å². The van der Waals surface area contributed by atoms with Crippen LogP contribution in [0.15, 0.2) is 30.3 Å². The van der Waals surface area contributed by atoms with Crippen molar-refractivity contribution in [3.8, 4) is 0 Å². The molecule has 1 saturated carbocycles. The first-order valence-corrected chi connectivity index (χ1v) is 6.92. The van der Waals surface area contributed by atoms with Gasteiger partial charge in [0, 0.05) is 25.0 Å². The van der Waals surface area contributed by atoms with Crippen LogP contribution < -0.4 is 11.1 Å². The lowest BCUT2D eigenvalue weighted by molar-refractivity contribution is -0.122. The van der Waals surface area contributed by atoms with Gasteiger partial charge in [-0.15, -0.1) is 0 Å². The summed E-state index contributed by atoms with van der Waals surface area (Å²) in [5, 5.41) is 3.00. The molecule has 104 valence electrons. The Morgan fingerprint density at radius 2 is 2.11 bits per heavy atom. The van der Waals surface area contributed by atoms with Gasteiger partial charge in [-0.2, -0.15) is 0 Å². The molecule has 0 bridgehead atoms. The van der Waals surface area contributed by atoms with Crippen LogP contribution in [0.4, 0.5) is 0 Å². The fourth-order valence-electron chi connectivity index (χ4n) is 2.23. The molecule has 1 aliphatic rings. The molecule has 4 heteroatoms. The Morgan fingerprint density at radius 1 is 1.42 bits per heavy atom. The van der Waals surface area contributed by atoms with Crippen molar-refractivity contribution < 1.29 is 4.79 Å². The van der Waals surface area contributed by atoms with Crippen molar-refractivity contribution in [2.45, 2.75) is 24.8 Å². The van der Waals surface area contributed by atoms with E-state index in [1.54, 1.807) is 0 Å². The first-order valence-electron chi connectivity index (χ1n) is 6.92. The molecule has 1 aromatic carbocycles. The number of carbonyl (C=O) groups is 1. The molecule has 1 amide bonds. The summed E-state index contributed by atoms with van der Waals surface area (Å²) < 4.78 is 0. The molecule has 2 rings (SSSR count). The molecule has 0 aliphatic heterocycles. The summed E-state index contributed by atoms with van der Waals surface area (Å²) in [6.07, 6.45) is 2.26. The number of carbonyl (C=O) groups excluding carboxylic acids is 1. The molecule has 0 heterocycles. The van der Waals surface area contributed by atoms with Gasteiger partial charge in [0.2, 0.25) is 5.91 Å². The van der Waals surface area contributed by atoms with E-state index >= 15 is 0 Å². The molecule has 4 nitrogen and oxygen atoms in total. The summed E-state index contributed by atoms with van der Waals surface area (Å²) in [6, 6.07) is 10.7. The lowest BCUT2D eigenvalue weighted by Crippen LogP contribution is -2.38. The van der Waals surface area contributed by atoms with E-state index in [0.717, 1.165) is 19.4 Å². The van der Waals surface area contributed by atoms with Gasteiger partial charge in [-0.1, -0.05) is 30.3 Å². The van der Waals surface area contributed by atoms with Gasteiger partial charge in [0.1, 0.15) is 0 Å². The molecule has 1 unspecified atom stereocenters. The highest BCUT2D eigenvalue weighted by Crippen LogP contribution is 2.18. The van der Waals surface area contributed by atoms with Crippen molar-refractivity contribution in [2.24, 2.45) is 5.73 Å². The highest BCUT2D eigenvalue weighted by molar-refractivity contribution is 5.78. The van der Waals surface area contributed by atoms with Crippen molar-refractivity contribution in [3.63, 3.8) is 0 Å². The number of nitrogens with two attached hydrogens (primary N) is 1. The van der Waals surface area contributed by atoms with Crippen molar-refractivity contribution in [3.05, 3.63) is 35.9 Å². The minimum Gasteiger partial charge on any atom is -0.352 e. The second kappa shape index (κ2) is 6.68. The Balaban J connectivity index is 1.81. The molecule has 0 saturated heterocycles. The van der Waals surface area contributed by atoms with Crippen LogP contribution in [0.5, 0.6) is 0 Å². The van der Waals surface area contributed by atoms with Crippen LogP contribution in [0.2, 0.25) is 0 Å². The van der Waals surface area contributed by atoms with E-state index in [1.807, 2.05) is 30.1 Å². The van der Waals surface area contributed by atoms with Gasteiger partial charge in [0.05, 0.1) is 6.54 Å². The summed E-state index contributed by atoms with van der Waals surface area (Å²) in [5.74, 6) is 0.397.